The number of aromatic nitrogens is 2. The number of nitriles is 2. The molecule has 1 fully saturated rings. The summed E-state index contributed by atoms with van der Waals surface area (Å²) in [6.45, 7) is 5.33. The quantitative estimate of drug-likeness (QED) is 0.846. The number of para-hydroxylation sites is 2. The second-order valence-electron chi connectivity index (χ2n) is 5.77. The minimum atomic E-state index is -0.935. The highest BCUT2D eigenvalue weighted by Crippen LogP contribution is 2.28. The van der Waals surface area contributed by atoms with Gasteiger partial charge in [0.25, 0.3) is 0 Å². The van der Waals surface area contributed by atoms with E-state index in [9.17, 15) is 10.5 Å². The van der Waals surface area contributed by atoms with E-state index in [4.69, 9.17) is 9.72 Å². The number of ether oxygens (including phenoxy) is 1. The first-order valence-corrected chi connectivity index (χ1v) is 7.58. The van der Waals surface area contributed by atoms with Gasteiger partial charge in [-0.3, -0.25) is 0 Å². The zero-order chi connectivity index (χ0) is 16.4. The fourth-order valence-electron chi connectivity index (χ4n) is 2.93. The van der Waals surface area contributed by atoms with Crippen molar-refractivity contribution < 1.29 is 4.74 Å². The fraction of sp³-hybridized carbons (Fsp3) is 0.412. The molecular weight excluding hydrogens is 290 g/mol. The average molecular weight is 307 g/mol. The summed E-state index contributed by atoms with van der Waals surface area (Å²) in [5.41, 5.74) is 1.87. The molecule has 0 aliphatic carbocycles. The third-order valence-corrected chi connectivity index (χ3v) is 3.83. The molecule has 1 aromatic heterocycles. The molecule has 0 spiro atoms. The minimum Gasteiger partial charge on any atom is -0.372 e. The van der Waals surface area contributed by atoms with Crippen molar-refractivity contribution in [3.05, 3.63) is 30.0 Å². The lowest BCUT2D eigenvalue weighted by Crippen LogP contribution is -2.46. The third-order valence-electron chi connectivity index (χ3n) is 3.83. The summed E-state index contributed by atoms with van der Waals surface area (Å²) in [7, 11) is 0. The van der Waals surface area contributed by atoms with Crippen LogP contribution in [0.5, 0.6) is 0 Å². The van der Waals surface area contributed by atoms with Gasteiger partial charge in [0.05, 0.1) is 35.4 Å². The molecule has 0 radical (unpaired) electrons. The molecule has 0 amide bonds. The first kappa shape index (κ1) is 15.2. The zero-order valence-corrected chi connectivity index (χ0v) is 13.1. The van der Waals surface area contributed by atoms with Crippen molar-refractivity contribution in [3.8, 4) is 12.1 Å². The maximum absolute atomic E-state index is 9.29. The van der Waals surface area contributed by atoms with Crippen LogP contribution in [0.15, 0.2) is 24.3 Å². The molecule has 2 atom stereocenters. The molecule has 6 nitrogen and oxygen atoms in total. The van der Waals surface area contributed by atoms with Gasteiger partial charge in [0.15, 0.2) is 11.7 Å². The van der Waals surface area contributed by atoms with E-state index in [0.29, 0.717) is 30.1 Å². The number of fused-ring (bicyclic) bond motifs is 1. The van der Waals surface area contributed by atoms with Gasteiger partial charge in [0.2, 0.25) is 0 Å². The number of anilines is 1. The molecule has 1 aromatic carbocycles. The lowest BCUT2D eigenvalue weighted by molar-refractivity contribution is -0.00551. The molecular formula is C17H17N5O. The summed E-state index contributed by atoms with van der Waals surface area (Å²) < 4.78 is 5.76. The van der Waals surface area contributed by atoms with Crippen LogP contribution in [0.3, 0.4) is 0 Å². The standard InChI is InChI=1S/C17H17N5O/c1-11-9-22(10-12(2)23-11)17-16(13(7-18)8-19)20-14-5-3-4-6-15(14)21-17/h3-6,11-13H,9-10H2,1-2H3/t11-,12+. The minimum absolute atomic E-state index is 0.0579. The molecule has 1 aliphatic heterocycles. The van der Waals surface area contributed by atoms with Crippen LogP contribution in [0.2, 0.25) is 0 Å². The lowest BCUT2D eigenvalue weighted by Gasteiger charge is -2.36. The van der Waals surface area contributed by atoms with Gasteiger partial charge in [-0.15, -0.1) is 0 Å². The van der Waals surface area contributed by atoms with Crippen LogP contribution in [0.25, 0.3) is 11.0 Å². The van der Waals surface area contributed by atoms with Gasteiger partial charge in [-0.05, 0) is 26.0 Å². The topological polar surface area (TPSA) is 85.8 Å². The summed E-state index contributed by atoms with van der Waals surface area (Å²) in [6, 6.07) is 11.5. The Kier molecular flexibility index (Phi) is 4.10. The predicted octanol–water partition coefficient (Wildman–Crippen LogP) is 2.37. The van der Waals surface area contributed by atoms with Crippen molar-refractivity contribution in [1.82, 2.24) is 9.97 Å². The number of hydrogen-bond acceptors (Lipinski definition) is 6. The first-order chi connectivity index (χ1) is 11.1. The molecule has 2 heterocycles. The summed E-state index contributed by atoms with van der Waals surface area (Å²) in [5.74, 6) is -0.325. The maximum atomic E-state index is 9.29. The van der Waals surface area contributed by atoms with Crippen molar-refractivity contribution in [2.75, 3.05) is 18.0 Å². The van der Waals surface area contributed by atoms with Crippen LogP contribution in [0.1, 0.15) is 25.5 Å². The number of rotatable bonds is 2. The van der Waals surface area contributed by atoms with Crippen LogP contribution < -0.4 is 4.90 Å². The van der Waals surface area contributed by atoms with Gasteiger partial charge in [-0.2, -0.15) is 10.5 Å². The average Bonchev–Trinajstić information content (AvgIpc) is 2.54. The van der Waals surface area contributed by atoms with Gasteiger partial charge in [-0.25, -0.2) is 9.97 Å². The Morgan fingerprint density at radius 3 is 2.22 bits per heavy atom. The van der Waals surface area contributed by atoms with Gasteiger partial charge < -0.3 is 9.64 Å². The summed E-state index contributed by atoms with van der Waals surface area (Å²) in [4.78, 5) is 11.3. The molecule has 0 N–H and O–H groups in total. The Hall–Kier alpha value is -2.70. The van der Waals surface area contributed by atoms with Crippen molar-refractivity contribution in [2.45, 2.75) is 32.0 Å². The highest BCUT2D eigenvalue weighted by atomic mass is 16.5. The molecule has 1 saturated heterocycles. The van der Waals surface area contributed by atoms with Crippen LogP contribution in [-0.2, 0) is 4.74 Å². The predicted molar refractivity (Wildman–Crippen MR) is 85.7 cm³/mol. The van der Waals surface area contributed by atoms with Crippen molar-refractivity contribution in [2.24, 2.45) is 0 Å². The van der Waals surface area contributed by atoms with Crippen LogP contribution in [0, 0.1) is 22.7 Å². The molecule has 3 rings (SSSR count). The molecule has 0 bridgehead atoms. The monoisotopic (exact) mass is 307 g/mol. The van der Waals surface area contributed by atoms with Crippen molar-refractivity contribution in [3.63, 3.8) is 0 Å². The largest absolute Gasteiger partial charge is 0.372 e. The number of benzene rings is 1. The van der Waals surface area contributed by atoms with Crippen LogP contribution in [-0.4, -0.2) is 35.3 Å². The molecule has 1 aliphatic rings. The number of morpholine rings is 1. The molecule has 6 heteroatoms. The van der Waals surface area contributed by atoms with E-state index in [2.05, 4.69) is 9.88 Å². The summed E-state index contributed by atoms with van der Waals surface area (Å²) in [6.07, 6.45) is 0.116. The Labute approximate surface area is 134 Å². The van der Waals surface area contributed by atoms with E-state index in [0.717, 1.165) is 5.52 Å². The van der Waals surface area contributed by atoms with Gasteiger partial charge in [0, 0.05) is 13.1 Å². The van der Waals surface area contributed by atoms with Gasteiger partial charge >= 0.3 is 0 Å². The summed E-state index contributed by atoms with van der Waals surface area (Å²) in [5, 5.41) is 18.6. The second kappa shape index (κ2) is 6.20. The van der Waals surface area contributed by atoms with E-state index < -0.39 is 5.92 Å². The summed E-state index contributed by atoms with van der Waals surface area (Å²) >= 11 is 0. The second-order valence-corrected chi connectivity index (χ2v) is 5.77. The Morgan fingerprint density at radius 1 is 1.09 bits per heavy atom. The van der Waals surface area contributed by atoms with E-state index in [-0.39, 0.29) is 12.2 Å². The number of nitrogens with zero attached hydrogens (tertiary/aromatic N) is 5. The zero-order valence-electron chi connectivity index (χ0n) is 13.1. The van der Waals surface area contributed by atoms with Gasteiger partial charge in [-0.1, -0.05) is 12.1 Å². The third kappa shape index (κ3) is 2.94. The Balaban J connectivity index is 2.15. The smallest absolute Gasteiger partial charge is 0.178 e. The van der Waals surface area contributed by atoms with E-state index in [1.54, 1.807) is 0 Å². The van der Waals surface area contributed by atoms with Crippen LogP contribution in [0.4, 0.5) is 5.82 Å². The first-order valence-electron chi connectivity index (χ1n) is 7.58. The normalized spacial score (nSPS) is 21.2. The SMILES string of the molecule is C[C@@H]1CN(c2nc3ccccc3nc2C(C#N)C#N)C[C@H](C)O1. The molecule has 0 saturated carbocycles. The van der Waals surface area contributed by atoms with E-state index in [1.807, 2.05) is 50.3 Å². The van der Waals surface area contributed by atoms with Crippen molar-refractivity contribution in [1.29, 1.82) is 10.5 Å². The lowest BCUT2D eigenvalue weighted by atomic mass is 10.1. The van der Waals surface area contributed by atoms with Crippen molar-refractivity contribution >= 4 is 16.9 Å². The highest BCUT2D eigenvalue weighted by molar-refractivity contribution is 5.77. The Bertz CT molecular complexity index is 783. The number of hydrogen-bond donors (Lipinski definition) is 0. The van der Waals surface area contributed by atoms with E-state index in [1.165, 1.54) is 0 Å². The maximum Gasteiger partial charge on any atom is 0.178 e. The highest BCUT2D eigenvalue weighted by Gasteiger charge is 2.28. The molecule has 2 aromatic rings. The molecule has 23 heavy (non-hydrogen) atoms. The molecule has 0 unspecified atom stereocenters. The van der Waals surface area contributed by atoms with Gasteiger partial charge in [0.1, 0.15) is 5.69 Å². The Morgan fingerprint density at radius 2 is 1.65 bits per heavy atom. The molecule has 116 valence electrons. The van der Waals surface area contributed by atoms with Crippen LogP contribution >= 0.6 is 0 Å². The van der Waals surface area contributed by atoms with E-state index >= 15 is 0 Å². The fourth-order valence-corrected chi connectivity index (χ4v) is 2.93.